The Morgan fingerprint density at radius 1 is 1.24 bits per heavy atom. The van der Waals surface area contributed by atoms with Crippen LogP contribution in [0.5, 0.6) is 0 Å². The molecule has 2 N–H and O–H groups in total. The van der Waals surface area contributed by atoms with Gasteiger partial charge in [-0.25, -0.2) is 0 Å². The van der Waals surface area contributed by atoms with Gasteiger partial charge in [-0.3, -0.25) is 0 Å². The maximum Gasteiger partial charge on any atom is 0.0468 e. The molecule has 1 aromatic carbocycles. The Morgan fingerprint density at radius 3 is 2.47 bits per heavy atom. The minimum absolute atomic E-state index is 0.454. The van der Waals surface area contributed by atoms with Gasteiger partial charge in [0.15, 0.2) is 0 Å². The van der Waals surface area contributed by atoms with Gasteiger partial charge >= 0.3 is 0 Å². The fourth-order valence-electron chi connectivity index (χ4n) is 2.49. The third-order valence-corrected chi connectivity index (χ3v) is 3.84. The van der Waals surface area contributed by atoms with Crippen molar-refractivity contribution in [3.05, 3.63) is 34.9 Å². The van der Waals surface area contributed by atoms with Crippen molar-refractivity contribution >= 4 is 11.6 Å². The summed E-state index contributed by atoms with van der Waals surface area (Å²) in [6.45, 7) is 2.52. The highest BCUT2D eigenvalue weighted by Gasteiger charge is 2.19. The Balaban J connectivity index is 1.97. The lowest BCUT2D eigenvalue weighted by molar-refractivity contribution is 0.0619. The van der Waals surface area contributed by atoms with Gasteiger partial charge in [0.2, 0.25) is 0 Å². The van der Waals surface area contributed by atoms with E-state index < -0.39 is 0 Å². The molecule has 1 saturated heterocycles. The number of hydrogen-bond acceptors (Lipinski definition) is 2. The van der Waals surface area contributed by atoms with Crippen molar-refractivity contribution in [2.24, 2.45) is 11.7 Å². The minimum atomic E-state index is 0.454. The minimum Gasteiger partial charge on any atom is -0.381 e. The van der Waals surface area contributed by atoms with Gasteiger partial charge < -0.3 is 10.5 Å². The lowest BCUT2D eigenvalue weighted by atomic mass is 9.85. The molecule has 1 aliphatic rings. The van der Waals surface area contributed by atoms with Gasteiger partial charge in [0, 0.05) is 18.2 Å². The summed E-state index contributed by atoms with van der Waals surface area (Å²) in [6.07, 6.45) is 3.51. The van der Waals surface area contributed by atoms with Crippen LogP contribution in [0.25, 0.3) is 0 Å². The van der Waals surface area contributed by atoms with Gasteiger partial charge in [0.1, 0.15) is 0 Å². The van der Waals surface area contributed by atoms with E-state index in [1.165, 1.54) is 24.8 Å². The summed E-state index contributed by atoms with van der Waals surface area (Å²) < 4.78 is 5.39. The molecule has 0 saturated carbocycles. The van der Waals surface area contributed by atoms with E-state index in [1.54, 1.807) is 0 Å². The molecule has 0 aliphatic carbocycles. The zero-order valence-corrected chi connectivity index (χ0v) is 10.8. The van der Waals surface area contributed by atoms with Crippen LogP contribution in [-0.4, -0.2) is 19.8 Å². The molecule has 0 spiro atoms. The summed E-state index contributed by atoms with van der Waals surface area (Å²) in [6, 6.07) is 8.09. The van der Waals surface area contributed by atoms with Gasteiger partial charge in [0.05, 0.1) is 0 Å². The highest BCUT2D eigenvalue weighted by Crippen LogP contribution is 2.29. The molecule has 2 nitrogen and oxygen atoms in total. The van der Waals surface area contributed by atoms with Crippen LogP contribution in [0.2, 0.25) is 5.02 Å². The lowest BCUT2D eigenvalue weighted by Gasteiger charge is -2.26. The summed E-state index contributed by atoms with van der Waals surface area (Å²) in [5.41, 5.74) is 7.20. The lowest BCUT2D eigenvalue weighted by Crippen LogP contribution is -2.21. The second kappa shape index (κ2) is 6.39. The van der Waals surface area contributed by atoms with Gasteiger partial charge in [-0.1, -0.05) is 23.7 Å². The van der Waals surface area contributed by atoms with Gasteiger partial charge in [0.25, 0.3) is 0 Å². The zero-order chi connectivity index (χ0) is 12.1. The molecule has 3 heteroatoms. The monoisotopic (exact) mass is 253 g/mol. The molecule has 1 heterocycles. The van der Waals surface area contributed by atoms with E-state index in [2.05, 4.69) is 12.1 Å². The van der Waals surface area contributed by atoms with Gasteiger partial charge in [-0.15, -0.1) is 0 Å². The molecule has 1 atom stereocenters. The van der Waals surface area contributed by atoms with E-state index in [1.807, 2.05) is 12.1 Å². The van der Waals surface area contributed by atoms with Crippen molar-refractivity contribution in [1.82, 2.24) is 0 Å². The van der Waals surface area contributed by atoms with Crippen LogP contribution in [0, 0.1) is 5.92 Å². The third-order valence-electron chi connectivity index (χ3n) is 3.58. The van der Waals surface area contributed by atoms with E-state index in [4.69, 9.17) is 22.1 Å². The molecular formula is C14H20ClNO. The summed E-state index contributed by atoms with van der Waals surface area (Å²) in [7, 11) is 0. The first-order valence-electron chi connectivity index (χ1n) is 6.33. The molecular weight excluding hydrogens is 234 g/mol. The summed E-state index contributed by atoms with van der Waals surface area (Å²) in [5, 5.41) is 0.788. The number of benzene rings is 1. The highest BCUT2D eigenvalue weighted by molar-refractivity contribution is 6.30. The first kappa shape index (κ1) is 12.9. The molecule has 0 bridgehead atoms. The van der Waals surface area contributed by atoms with Gasteiger partial charge in [-0.2, -0.15) is 0 Å². The van der Waals surface area contributed by atoms with E-state index in [0.717, 1.165) is 24.2 Å². The number of ether oxygens (including phenoxy) is 1. The quantitative estimate of drug-likeness (QED) is 0.895. The van der Waals surface area contributed by atoms with Crippen LogP contribution in [-0.2, 0) is 4.74 Å². The predicted octanol–water partition coefficient (Wildman–Crippen LogP) is 3.20. The maximum atomic E-state index is 5.90. The Morgan fingerprint density at radius 2 is 1.88 bits per heavy atom. The highest BCUT2D eigenvalue weighted by atomic mass is 35.5. The van der Waals surface area contributed by atoms with E-state index >= 15 is 0 Å². The SMILES string of the molecule is NCC(CC1CCOCC1)c1ccc(Cl)cc1. The number of halogens is 1. The molecule has 1 aliphatic heterocycles. The Bertz CT molecular complexity index is 333. The molecule has 0 radical (unpaired) electrons. The van der Waals surface area contributed by atoms with E-state index in [0.29, 0.717) is 12.5 Å². The molecule has 1 unspecified atom stereocenters. The second-order valence-electron chi connectivity index (χ2n) is 4.78. The van der Waals surface area contributed by atoms with Crippen LogP contribution in [0.1, 0.15) is 30.7 Å². The molecule has 1 aromatic rings. The van der Waals surface area contributed by atoms with Crippen LogP contribution < -0.4 is 5.73 Å². The summed E-state index contributed by atoms with van der Waals surface area (Å²) in [5.74, 6) is 1.21. The van der Waals surface area contributed by atoms with E-state index in [9.17, 15) is 0 Å². The zero-order valence-electron chi connectivity index (χ0n) is 10.1. The van der Waals surface area contributed by atoms with Crippen molar-refractivity contribution in [1.29, 1.82) is 0 Å². The smallest absolute Gasteiger partial charge is 0.0468 e. The molecule has 2 rings (SSSR count). The van der Waals surface area contributed by atoms with Crippen LogP contribution in [0.4, 0.5) is 0 Å². The number of hydrogen-bond donors (Lipinski definition) is 1. The topological polar surface area (TPSA) is 35.2 Å². The van der Waals surface area contributed by atoms with Crippen molar-refractivity contribution in [2.75, 3.05) is 19.8 Å². The first-order valence-corrected chi connectivity index (χ1v) is 6.70. The molecule has 94 valence electrons. The normalized spacial score (nSPS) is 19.2. The second-order valence-corrected chi connectivity index (χ2v) is 5.21. The van der Waals surface area contributed by atoms with Crippen LogP contribution in [0.3, 0.4) is 0 Å². The fourth-order valence-corrected chi connectivity index (χ4v) is 2.61. The average Bonchev–Trinajstić information content (AvgIpc) is 2.38. The number of nitrogens with two attached hydrogens (primary N) is 1. The largest absolute Gasteiger partial charge is 0.381 e. The summed E-state index contributed by atoms with van der Waals surface area (Å²) >= 11 is 5.90. The fraction of sp³-hybridized carbons (Fsp3) is 0.571. The Labute approximate surface area is 108 Å². The van der Waals surface area contributed by atoms with Crippen LogP contribution in [0.15, 0.2) is 24.3 Å². The van der Waals surface area contributed by atoms with E-state index in [-0.39, 0.29) is 0 Å². The van der Waals surface area contributed by atoms with Crippen molar-refractivity contribution in [3.63, 3.8) is 0 Å². The molecule has 0 aromatic heterocycles. The van der Waals surface area contributed by atoms with Gasteiger partial charge in [-0.05, 0) is 55.3 Å². The van der Waals surface area contributed by atoms with Crippen molar-refractivity contribution in [2.45, 2.75) is 25.2 Å². The molecule has 0 amide bonds. The van der Waals surface area contributed by atoms with Crippen LogP contribution >= 0.6 is 11.6 Å². The number of rotatable bonds is 4. The predicted molar refractivity (Wildman–Crippen MR) is 71.4 cm³/mol. The third kappa shape index (κ3) is 3.70. The van der Waals surface area contributed by atoms with Crippen molar-refractivity contribution < 1.29 is 4.74 Å². The standard InChI is InChI=1S/C14H20ClNO/c15-14-3-1-12(2-4-14)13(10-16)9-11-5-7-17-8-6-11/h1-4,11,13H,5-10,16H2. The summed E-state index contributed by atoms with van der Waals surface area (Å²) in [4.78, 5) is 0. The Kier molecular flexibility index (Phi) is 4.84. The van der Waals surface area contributed by atoms with Crippen molar-refractivity contribution in [3.8, 4) is 0 Å². The molecule has 17 heavy (non-hydrogen) atoms. The maximum absolute atomic E-state index is 5.90. The molecule has 1 fully saturated rings. The first-order chi connectivity index (χ1) is 8.29. The average molecular weight is 254 g/mol. The Hall–Kier alpha value is -0.570.